The first-order valence-corrected chi connectivity index (χ1v) is 7.46. The molecule has 0 bridgehead atoms. The fraction of sp³-hybridized carbons (Fsp3) is 0.562. The number of primary amides is 1. The molecular formula is C16H25N3O. The van der Waals surface area contributed by atoms with Gasteiger partial charge in [-0.2, -0.15) is 0 Å². The molecule has 0 spiro atoms. The highest BCUT2D eigenvalue weighted by atomic mass is 16.1. The van der Waals surface area contributed by atoms with Gasteiger partial charge in [-0.1, -0.05) is 50.1 Å². The lowest BCUT2D eigenvalue weighted by atomic mass is 9.89. The van der Waals surface area contributed by atoms with Gasteiger partial charge in [0.05, 0.1) is 0 Å². The molecule has 20 heavy (non-hydrogen) atoms. The zero-order valence-electron chi connectivity index (χ0n) is 12.2. The van der Waals surface area contributed by atoms with E-state index in [9.17, 15) is 4.79 Å². The zero-order chi connectivity index (χ0) is 14.6. The lowest BCUT2D eigenvalue weighted by Crippen LogP contribution is -2.57. The third-order valence-electron chi connectivity index (χ3n) is 4.43. The van der Waals surface area contributed by atoms with E-state index in [4.69, 9.17) is 11.5 Å². The third-order valence-corrected chi connectivity index (χ3v) is 4.43. The molecule has 1 fully saturated rings. The van der Waals surface area contributed by atoms with Crippen LogP contribution in [0.4, 0.5) is 0 Å². The van der Waals surface area contributed by atoms with Crippen LogP contribution in [0.5, 0.6) is 0 Å². The van der Waals surface area contributed by atoms with E-state index in [0.29, 0.717) is 12.6 Å². The van der Waals surface area contributed by atoms with Crippen LogP contribution in [0.2, 0.25) is 0 Å². The summed E-state index contributed by atoms with van der Waals surface area (Å²) in [5, 5.41) is 0. The summed E-state index contributed by atoms with van der Waals surface area (Å²) in [4.78, 5) is 14.3. The quantitative estimate of drug-likeness (QED) is 0.828. The summed E-state index contributed by atoms with van der Waals surface area (Å²) < 4.78 is 0. The minimum absolute atomic E-state index is 0.458. The molecule has 1 aliphatic carbocycles. The first-order chi connectivity index (χ1) is 9.58. The lowest BCUT2D eigenvalue weighted by molar-refractivity contribution is -0.124. The summed E-state index contributed by atoms with van der Waals surface area (Å²) in [6, 6.07) is 10.0. The number of nitrogens with two attached hydrogens (primary N) is 2. The van der Waals surface area contributed by atoms with E-state index in [1.807, 2.05) is 30.3 Å². The fourth-order valence-electron chi connectivity index (χ4n) is 3.14. The number of amides is 1. The normalized spacial score (nSPS) is 19.1. The van der Waals surface area contributed by atoms with Crippen molar-refractivity contribution in [2.24, 2.45) is 11.5 Å². The second-order valence-corrected chi connectivity index (χ2v) is 5.70. The lowest BCUT2D eigenvalue weighted by Gasteiger charge is -2.36. The Kier molecular flexibility index (Phi) is 4.78. The van der Waals surface area contributed by atoms with Gasteiger partial charge in [-0.15, -0.1) is 0 Å². The average Bonchev–Trinajstić information content (AvgIpc) is 2.99. The Morgan fingerprint density at radius 3 is 2.40 bits per heavy atom. The molecule has 4 N–H and O–H groups in total. The third kappa shape index (κ3) is 3.02. The van der Waals surface area contributed by atoms with E-state index >= 15 is 0 Å². The average molecular weight is 275 g/mol. The van der Waals surface area contributed by atoms with Gasteiger partial charge < -0.3 is 11.5 Å². The molecule has 0 radical (unpaired) electrons. The van der Waals surface area contributed by atoms with Gasteiger partial charge in [-0.25, -0.2) is 0 Å². The molecule has 0 aliphatic heterocycles. The number of carbonyl (C=O) groups is 1. The molecule has 110 valence electrons. The summed E-state index contributed by atoms with van der Waals surface area (Å²) in [7, 11) is 0. The molecule has 2 rings (SSSR count). The maximum atomic E-state index is 12.0. The Balaban J connectivity index is 2.22. The van der Waals surface area contributed by atoms with Crippen LogP contribution < -0.4 is 11.5 Å². The van der Waals surface area contributed by atoms with Crippen molar-refractivity contribution in [3.63, 3.8) is 0 Å². The van der Waals surface area contributed by atoms with E-state index in [0.717, 1.165) is 12.1 Å². The molecule has 4 nitrogen and oxygen atoms in total. The summed E-state index contributed by atoms with van der Waals surface area (Å²) in [6.07, 6.45) is 4.91. The number of rotatable bonds is 6. The van der Waals surface area contributed by atoms with Crippen molar-refractivity contribution in [1.82, 2.24) is 4.90 Å². The number of benzene rings is 1. The van der Waals surface area contributed by atoms with E-state index in [-0.39, 0.29) is 0 Å². The predicted molar refractivity (Wildman–Crippen MR) is 81.0 cm³/mol. The Labute approximate surface area is 121 Å². The molecule has 0 heterocycles. The van der Waals surface area contributed by atoms with Crippen LogP contribution >= 0.6 is 0 Å². The van der Waals surface area contributed by atoms with Gasteiger partial charge in [0.2, 0.25) is 5.91 Å². The van der Waals surface area contributed by atoms with Crippen LogP contribution in [0.25, 0.3) is 0 Å². The van der Waals surface area contributed by atoms with Gasteiger partial charge in [-0.3, -0.25) is 9.69 Å². The van der Waals surface area contributed by atoms with E-state index in [2.05, 4.69) is 11.8 Å². The van der Waals surface area contributed by atoms with Crippen LogP contribution in [0.3, 0.4) is 0 Å². The molecule has 0 saturated heterocycles. The summed E-state index contributed by atoms with van der Waals surface area (Å²) in [6.45, 7) is 3.50. The molecule has 1 aromatic carbocycles. The summed E-state index contributed by atoms with van der Waals surface area (Å²) in [5.41, 5.74) is 11.7. The van der Waals surface area contributed by atoms with Crippen molar-refractivity contribution in [2.45, 2.75) is 44.2 Å². The Hall–Kier alpha value is -1.39. The number of carbonyl (C=O) groups excluding carboxylic acids is 1. The molecular weight excluding hydrogens is 250 g/mol. The van der Waals surface area contributed by atoms with Gasteiger partial charge >= 0.3 is 0 Å². The first-order valence-electron chi connectivity index (χ1n) is 7.46. The molecule has 1 atom stereocenters. The smallest absolute Gasteiger partial charge is 0.243 e. The second kappa shape index (κ2) is 6.37. The Morgan fingerprint density at radius 1 is 1.30 bits per heavy atom. The number of hydrogen-bond acceptors (Lipinski definition) is 3. The van der Waals surface area contributed by atoms with Crippen LogP contribution in [0.15, 0.2) is 30.3 Å². The highest BCUT2D eigenvalue weighted by Gasteiger charge is 2.37. The monoisotopic (exact) mass is 275 g/mol. The molecule has 1 aliphatic rings. The predicted octanol–water partition coefficient (Wildman–Crippen LogP) is 1.59. The Morgan fingerprint density at radius 2 is 1.90 bits per heavy atom. The molecule has 1 aromatic rings. The van der Waals surface area contributed by atoms with Crippen molar-refractivity contribution < 1.29 is 4.79 Å². The minimum atomic E-state index is -1.11. The fourth-order valence-corrected chi connectivity index (χ4v) is 3.14. The standard InChI is InChI=1S/C16H25N3O/c1-2-19(14-10-6-7-11-14)12-16(18,15(17)20)13-8-4-3-5-9-13/h3-5,8-9,14H,2,6-7,10-12,18H2,1H3,(H2,17,20). The second-order valence-electron chi connectivity index (χ2n) is 5.70. The van der Waals surface area contributed by atoms with Gasteiger partial charge in [0.25, 0.3) is 0 Å². The van der Waals surface area contributed by atoms with Gasteiger partial charge in [0.1, 0.15) is 5.54 Å². The maximum Gasteiger partial charge on any atom is 0.243 e. The van der Waals surface area contributed by atoms with Crippen molar-refractivity contribution in [2.75, 3.05) is 13.1 Å². The van der Waals surface area contributed by atoms with Gasteiger partial charge in [0.15, 0.2) is 0 Å². The SMILES string of the molecule is CCN(CC(N)(C(N)=O)c1ccccc1)C1CCCC1. The van der Waals surface area contributed by atoms with E-state index < -0.39 is 11.4 Å². The van der Waals surface area contributed by atoms with Crippen molar-refractivity contribution >= 4 is 5.91 Å². The van der Waals surface area contributed by atoms with Crippen molar-refractivity contribution in [3.8, 4) is 0 Å². The summed E-state index contributed by atoms with van der Waals surface area (Å²) >= 11 is 0. The maximum absolute atomic E-state index is 12.0. The van der Waals surface area contributed by atoms with E-state index in [1.165, 1.54) is 25.7 Å². The number of hydrogen-bond donors (Lipinski definition) is 2. The molecule has 1 amide bonds. The van der Waals surface area contributed by atoms with Gasteiger partial charge in [-0.05, 0) is 24.9 Å². The number of likely N-dealkylation sites (N-methyl/N-ethyl adjacent to an activating group) is 1. The van der Waals surface area contributed by atoms with Crippen molar-refractivity contribution in [3.05, 3.63) is 35.9 Å². The molecule has 1 saturated carbocycles. The van der Waals surface area contributed by atoms with Crippen LogP contribution in [0, 0.1) is 0 Å². The van der Waals surface area contributed by atoms with Crippen LogP contribution in [-0.2, 0) is 10.3 Å². The van der Waals surface area contributed by atoms with Gasteiger partial charge in [0, 0.05) is 12.6 Å². The molecule has 1 unspecified atom stereocenters. The van der Waals surface area contributed by atoms with Crippen LogP contribution in [0.1, 0.15) is 38.2 Å². The van der Waals surface area contributed by atoms with Crippen LogP contribution in [-0.4, -0.2) is 29.9 Å². The summed E-state index contributed by atoms with van der Waals surface area (Å²) in [5.74, 6) is -0.458. The zero-order valence-corrected chi connectivity index (χ0v) is 12.2. The molecule has 0 aromatic heterocycles. The largest absolute Gasteiger partial charge is 0.368 e. The highest BCUT2D eigenvalue weighted by molar-refractivity contribution is 5.86. The highest BCUT2D eigenvalue weighted by Crippen LogP contribution is 2.27. The number of nitrogens with zero attached hydrogens (tertiary/aromatic N) is 1. The first kappa shape index (κ1) is 15.0. The molecule has 4 heteroatoms. The Bertz CT molecular complexity index is 442. The minimum Gasteiger partial charge on any atom is -0.368 e. The van der Waals surface area contributed by atoms with Crippen molar-refractivity contribution in [1.29, 1.82) is 0 Å². The topological polar surface area (TPSA) is 72.3 Å². The van der Waals surface area contributed by atoms with E-state index in [1.54, 1.807) is 0 Å².